The van der Waals surface area contributed by atoms with Gasteiger partial charge in [0.05, 0.1) is 0 Å². The van der Waals surface area contributed by atoms with Crippen molar-refractivity contribution >= 4 is 5.91 Å². The molecule has 2 heteroatoms. The van der Waals surface area contributed by atoms with Gasteiger partial charge < -0.3 is 5.32 Å². The average Bonchev–Trinajstić information content (AvgIpc) is 1.77. The van der Waals surface area contributed by atoms with Gasteiger partial charge in [-0.3, -0.25) is 4.79 Å². The summed E-state index contributed by atoms with van der Waals surface area (Å²) in [5, 5.41) is 2.71. The Labute approximate surface area is 48.6 Å². The van der Waals surface area contributed by atoms with E-state index in [1.54, 1.807) is 6.08 Å². The van der Waals surface area contributed by atoms with E-state index in [0.29, 0.717) is 5.92 Å². The number of rotatable bonds is 0. The second-order valence-corrected chi connectivity index (χ2v) is 2.08. The van der Waals surface area contributed by atoms with Crippen molar-refractivity contribution in [2.75, 3.05) is 6.54 Å². The van der Waals surface area contributed by atoms with E-state index >= 15 is 0 Å². The number of carbonyl (C=O) groups is 1. The first-order valence-corrected chi connectivity index (χ1v) is 2.75. The van der Waals surface area contributed by atoms with Gasteiger partial charge in [0, 0.05) is 6.54 Å². The largest absolute Gasteiger partial charge is 0.352 e. The average molecular weight is 111 g/mol. The molecule has 0 bridgehead atoms. The Bertz CT molecular complexity index is 128. The second-order valence-electron chi connectivity index (χ2n) is 2.08. The number of carbonyl (C=O) groups excluding carboxylic acids is 1. The molecule has 1 amide bonds. The third kappa shape index (κ3) is 1.09. The van der Waals surface area contributed by atoms with Crippen LogP contribution in [0.2, 0.25) is 0 Å². The Kier molecular flexibility index (Phi) is 1.33. The van der Waals surface area contributed by atoms with Crippen molar-refractivity contribution < 1.29 is 4.79 Å². The van der Waals surface area contributed by atoms with E-state index in [-0.39, 0.29) is 5.91 Å². The van der Waals surface area contributed by atoms with Crippen molar-refractivity contribution in [2.24, 2.45) is 5.92 Å². The Hall–Kier alpha value is -0.790. The van der Waals surface area contributed by atoms with E-state index in [2.05, 4.69) is 12.2 Å². The third-order valence-corrected chi connectivity index (χ3v) is 1.17. The van der Waals surface area contributed by atoms with Crippen LogP contribution in [0.25, 0.3) is 0 Å². The lowest BCUT2D eigenvalue weighted by Crippen LogP contribution is -2.29. The molecule has 1 aliphatic heterocycles. The fourth-order valence-corrected chi connectivity index (χ4v) is 0.640. The minimum atomic E-state index is 0.0306. The Balaban J connectivity index is 2.55. The zero-order valence-electron chi connectivity index (χ0n) is 4.85. The highest BCUT2D eigenvalue weighted by atomic mass is 16.1. The maximum atomic E-state index is 10.4. The molecule has 1 atom stereocenters. The summed E-state index contributed by atoms with van der Waals surface area (Å²) in [4.78, 5) is 10.4. The predicted molar refractivity (Wildman–Crippen MR) is 31.3 cm³/mol. The fourth-order valence-electron chi connectivity index (χ4n) is 0.640. The molecule has 0 spiro atoms. The van der Waals surface area contributed by atoms with Gasteiger partial charge in [0.1, 0.15) is 0 Å². The van der Waals surface area contributed by atoms with Crippen molar-refractivity contribution in [3.05, 3.63) is 12.2 Å². The molecular weight excluding hydrogens is 102 g/mol. The summed E-state index contributed by atoms with van der Waals surface area (Å²) in [5.41, 5.74) is 0. The maximum absolute atomic E-state index is 10.4. The summed E-state index contributed by atoms with van der Waals surface area (Å²) in [6.07, 6.45) is 3.49. The monoisotopic (exact) mass is 111 g/mol. The molecule has 1 rings (SSSR count). The Morgan fingerprint density at radius 1 is 1.88 bits per heavy atom. The van der Waals surface area contributed by atoms with Gasteiger partial charge in [-0.25, -0.2) is 0 Å². The summed E-state index contributed by atoms with van der Waals surface area (Å²) < 4.78 is 0. The smallest absolute Gasteiger partial charge is 0.243 e. The first-order chi connectivity index (χ1) is 3.79. The molecule has 1 heterocycles. The topological polar surface area (TPSA) is 29.1 Å². The molecule has 44 valence electrons. The zero-order chi connectivity index (χ0) is 5.98. The molecule has 0 aliphatic carbocycles. The van der Waals surface area contributed by atoms with Crippen molar-refractivity contribution in [1.82, 2.24) is 5.32 Å². The van der Waals surface area contributed by atoms with Crippen LogP contribution in [0.5, 0.6) is 0 Å². The first-order valence-electron chi connectivity index (χ1n) is 2.75. The molecule has 8 heavy (non-hydrogen) atoms. The minimum Gasteiger partial charge on any atom is -0.352 e. The van der Waals surface area contributed by atoms with E-state index in [0.717, 1.165) is 6.54 Å². The number of hydrogen-bond acceptors (Lipinski definition) is 1. The number of hydrogen-bond donors (Lipinski definition) is 1. The van der Waals surface area contributed by atoms with Gasteiger partial charge in [-0.2, -0.15) is 0 Å². The van der Waals surface area contributed by atoms with E-state index in [4.69, 9.17) is 0 Å². The summed E-state index contributed by atoms with van der Waals surface area (Å²) in [6, 6.07) is 0. The molecule has 1 N–H and O–H groups in total. The number of nitrogens with one attached hydrogen (secondary N) is 1. The van der Waals surface area contributed by atoms with Crippen LogP contribution in [0.3, 0.4) is 0 Å². The van der Waals surface area contributed by atoms with E-state index < -0.39 is 0 Å². The van der Waals surface area contributed by atoms with Crippen molar-refractivity contribution in [3.8, 4) is 0 Å². The molecule has 1 aliphatic rings. The molecule has 0 aromatic heterocycles. The van der Waals surface area contributed by atoms with Crippen LogP contribution < -0.4 is 5.32 Å². The van der Waals surface area contributed by atoms with Crippen LogP contribution in [0.15, 0.2) is 12.2 Å². The number of amides is 1. The lowest BCUT2D eigenvalue weighted by molar-refractivity contribution is -0.116. The molecule has 0 fully saturated rings. The Morgan fingerprint density at radius 3 is 3.00 bits per heavy atom. The Morgan fingerprint density at radius 2 is 2.62 bits per heavy atom. The van der Waals surface area contributed by atoms with Crippen molar-refractivity contribution in [3.63, 3.8) is 0 Å². The highest BCUT2D eigenvalue weighted by Gasteiger charge is 2.04. The fraction of sp³-hybridized carbons (Fsp3) is 0.500. The van der Waals surface area contributed by atoms with E-state index in [1.807, 2.05) is 6.08 Å². The van der Waals surface area contributed by atoms with E-state index in [9.17, 15) is 4.79 Å². The molecule has 0 saturated heterocycles. The van der Waals surface area contributed by atoms with Gasteiger partial charge >= 0.3 is 0 Å². The van der Waals surface area contributed by atoms with E-state index in [1.165, 1.54) is 0 Å². The SMILES string of the molecule is CC1C=CC(=O)NC1. The van der Waals surface area contributed by atoms with Crippen LogP contribution in [0.1, 0.15) is 6.92 Å². The van der Waals surface area contributed by atoms with Gasteiger partial charge in [0.25, 0.3) is 0 Å². The summed E-state index contributed by atoms with van der Waals surface area (Å²) in [5.74, 6) is 0.538. The standard InChI is InChI=1S/C6H9NO/c1-5-2-3-6(8)7-4-5/h2-3,5H,4H2,1H3,(H,7,8). The van der Waals surface area contributed by atoms with Crippen LogP contribution in [0.4, 0.5) is 0 Å². The molecular formula is C6H9NO. The van der Waals surface area contributed by atoms with Gasteiger partial charge in [-0.1, -0.05) is 13.0 Å². The molecule has 2 nitrogen and oxygen atoms in total. The minimum absolute atomic E-state index is 0.0306. The van der Waals surface area contributed by atoms with Gasteiger partial charge in [0.15, 0.2) is 0 Å². The highest BCUT2D eigenvalue weighted by molar-refractivity contribution is 5.88. The van der Waals surface area contributed by atoms with Crippen LogP contribution in [-0.2, 0) is 4.79 Å². The zero-order valence-corrected chi connectivity index (χ0v) is 4.85. The molecule has 0 radical (unpaired) electrons. The summed E-state index contributed by atoms with van der Waals surface area (Å²) in [7, 11) is 0. The third-order valence-electron chi connectivity index (χ3n) is 1.17. The maximum Gasteiger partial charge on any atom is 0.243 e. The molecule has 0 aromatic rings. The lowest BCUT2D eigenvalue weighted by atomic mass is 10.1. The second kappa shape index (κ2) is 1.99. The highest BCUT2D eigenvalue weighted by Crippen LogP contribution is 1.98. The molecule has 0 aromatic carbocycles. The predicted octanol–water partition coefficient (Wildman–Crippen LogP) is 0.309. The van der Waals surface area contributed by atoms with Gasteiger partial charge in [0.2, 0.25) is 5.91 Å². The quantitative estimate of drug-likeness (QED) is 0.479. The molecule has 0 saturated carbocycles. The van der Waals surface area contributed by atoms with Crippen LogP contribution in [-0.4, -0.2) is 12.5 Å². The normalized spacial score (nSPS) is 27.6. The molecule has 1 unspecified atom stereocenters. The van der Waals surface area contributed by atoms with Gasteiger partial charge in [-0.05, 0) is 12.0 Å². The van der Waals surface area contributed by atoms with Crippen molar-refractivity contribution in [1.29, 1.82) is 0 Å². The van der Waals surface area contributed by atoms with Crippen molar-refractivity contribution in [2.45, 2.75) is 6.92 Å². The van der Waals surface area contributed by atoms with Gasteiger partial charge in [-0.15, -0.1) is 0 Å². The first kappa shape index (κ1) is 5.35. The lowest BCUT2D eigenvalue weighted by Gasteiger charge is -2.10. The van der Waals surface area contributed by atoms with Crippen LogP contribution in [0, 0.1) is 5.92 Å². The summed E-state index contributed by atoms with van der Waals surface area (Å²) in [6.45, 7) is 2.85. The summed E-state index contributed by atoms with van der Waals surface area (Å²) >= 11 is 0. The van der Waals surface area contributed by atoms with Crippen LogP contribution >= 0.6 is 0 Å².